The molecule has 20 heavy (non-hydrogen) atoms. The molecule has 3 rings (SSSR count). The largest absolute Gasteiger partial charge is 0.394 e. The van der Waals surface area contributed by atoms with Crippen molar-refractivity contribution in [1.29, 1.82) is 0 Å². The molecule has 0 saturated carbocycles. The van der Waals surface area contributed by atoms with Gasteiger partial charge < -0.3 is 19.5 Å². The topological polar surface area (TPSA) is 111 Å². The van der Waals surface area contributed by atoms with Gasteiger partial charge in [-0.05, 0) is 6.07 Å². The van der Waals surface area contributed by atoms with Crippen LogP contribution < -0.4 is 0 Å². The van der Waals surface area contributed by atoms with E-state index in [9.17, 15) is 15.2 Å². The second kappa shape index (κ2) is 4.82. The van der Waals surface area contributed by atoms with E-state index in [0.29, 0.717) is 17.5 Å². The molecule has 0 amide bonds. The molecule has 0 spiro atoms. The summed E-state index contributed by atoms with van der Waals surface area (Å²) >= 11 is 0. The highest BCUT2D eigenvalue weighted by Gasteiger charge is 2.34. The van der Waals surface area contributed by atoms with Crippen molar-refractivity contribution in [3.05, 3.63) is 34.6 Å². The number of aliphatic hydroxyl groups excluding tert-OH is 2. The van der Waals surface area contributed by atoms with Crippen LogP contribution in [0.25, 0.3) is 11.0 Å². The number of ether oxygens (including phenoxy) is 1. The summed E-state index contributed by atoms with van der Waals surface area (Å²) in [5, 5.41) is 29.5. The maximum Gasteiger partial charge on any atom is 0.271 e. The standard InChI is InChI=1S/C12H13N3O5/c16-5-11-10(17)4-12(20-11)14-6-13-8-3-7(15(18)19)1-2-9(8)14/h1-3,6,10-12,16-17H,4-5H2/t10?,11-,12-/m1/s1. The zero-order chi connectivity index (χ0) is 14.3. The SMILES string of the molecule is O=[N+]([O-])c1ccc2c(c1)ncn2[C@H]1CC(O)[C@@H](CO)O1. The summed E-state index contributed by atoms with van der Waals surface area (Å²) in [5.41, 5.74) is 1.15. The maximum atomic E-state index is 10.7. The monoisotopic (exact) mass is 279 g/mol. The molecule has 106 valence electrons. The van der Waals surface area contributed by atoms with E-state index in [4.69, 9.17) is 9.84 Å². The lowest BCUT2D eigenvalue weighted by Gasteiger charge is -2.13. The molecular weight excluding hydrogens is 266 g/mol. The van der Waals surface area contributed by atoms with Gasteiger partial charge in [-0.15, -0.1) is 0 Å². The molecule has 0 bridgehead atoms. The van der Waals surface area contributed by atoms with Crippen LogP contribution in [0.1, 0.15) is 12.6 Å². The number of imidazole rings is 1. The van der Waals surface area contributed by atoms with E-state index in [0.717, 1.165) is 0 Å². The fourth-order valence-electron chi connectivity index (χ4n) is 2.41. The fourth-order valence-corrected chi connectivity index (χ4v) is 2.41. The molecule has 1 aromatic carbocycles. The van der Waals surface area contributed by atoms with E-state index in [1.54, 1.807) is 10.6 Å². The molecule has 0 aliphatic carbocycles. The molecule has 1 aliphatic heterocycles. The zero-order valence-corrected chi connectivity index (χ0v) is 10.4. The van der Waals surface area contributed by atoms with E-state index in [2.05, 4.69) is 4.98 Å². The predicted molar refractivity (Wildman–Crippen MR) is 68.0 cm³/mol. The van der Waals surface area contributed by atoms with Crippen LogP contribution in [0.15, 0.2) is 24.5 Å². The maximum absolute atomic E-state index is 10.7. The lowest BCUT2D eigenvalue weighted by atomic mass is 10.2. The van der Waals surface area contributed by atoms with Crippen LogP contribution in [0.2, 0.25) is 0 Å². The number of nitro benzene ring substituents is 1. The predicted octanol–water partition coefficient (Wildman–Crippen LogP) is 0.585. The van der Waals surface area contributed by atoms with Crippen molar-refractivity contribution in [2.75, 3.05) is 6.61 Å². The van der Waals surface area contributed by atoms with Crippen molar-refractivity contribution in [3.63, 3.8) is 0 Å². The Balaban J connectivity index is 1.95. The molecule has 1 unspecified atom stereocenters. The molecule has 1 aliphatic rings. The summed E-state index contributed by atoms with van der Waals surface area (Å²) in [6.45, 7) is -0.254. The fraction of sp³-hybridized carbons (Fsp3) is 0.417. The number of benzene rings is 1. The molecule has 2 aromatic rings. The molecule has 3 atom stereocenters. The second-order valence-electron chi connectivity index (χ2n) is 4.70. The molecule has 8 nitrogen and oxygen atoms in total. The zero-order valence-electron chi connectivity index (χ0n) is 10.4. The van der Waals surface area contributed by atoms with Crippen LogP contribution in [0.4, 0.5) is 5.69 Å². The summed E-state index contributed by atoms with van der Waals surface area (Å²) in [5.74, 6) is 0. The van der Waals surface area contributed by atoms with E-state index in [1.165, 1.54) is 18.5 Å². The van der Waals surface area contributed by atoms with E-state index in [-0.39, 0.29) is 12.3 Å². The molecule has 8 heteroatoms. The first-order chi connectivity index (χ1) is 9.60. The minimum absolute atomic E-state index is 0.0247. The van der Waals surface area contributed by atoms with Crippen LogP contribution in [0.3, 0.4) is 0 Å². The van der Waals surface area contributed by atoms with Gasteiger partial charge in [0.1, 0.15) is 12.3 Å². The number of hydrogen-bond acceptors (Lipinski definition) is 6. The minimum atomic E-state index is -0.736. The lowest BCUT2D eigenvalue weighted by Crippen LogP contribution is -2.24. The van der Waals surface area contributed by atoms with Crippen LogP contribution in [0.5, 0.6) is 0 Å². The number of rotatable bonds is 3. The number of nitrogens with zero attached hydrogens (tertiary/aromatic N) is 3. The molecule has 1 fully saturated rings. The normalized spacial score (nSPS) is 26.2. The Hall–Kier alpha value is -2.03. The molecule has 0 radical (unpaired) electrons. The van der Waals surface area contributed by atoms with Crippen LogP contribution in [0, 0.1) is 10.1 Å². The van der Waals surface area contributed by atoms with Gasteiger partial charge in [-0.2, -0.15) is 0 Å². The first kappa shape index (κ1) is 13.0. The third-order valence-corrected chi connectivity index (χ3v) is 3.46. The van der Waals surface area contributed by atoms with Crippen molar-refractivity contribution in [3.8, 4) is 0 Å². The molecule has 1 saturated heterocycles. The number of aliphatic hydroxyl groups is 2. The minimum Gasteiger partial charge on any atom is -0.394 e. The van der Waals surface area contributed by atoms with Gasteiger partial charge in [0.05, 0.1) is 35.0 Å². The number of nitro groups is 1. The Labute approximate surface area is 113 Å². The third-order valence-electron chi connectivity index (χ3n) is 3.46. The Morgan fingerprint density at radius 3 is 3.00 bits per heavy atom. The lowest BCUT2D eigenvalue weighted by molar-refractivity contribution is -0.384. The van der Waals surface area contributed by atoms with Gasteiger partial charge in [0.2, 0.25) is 0 Å². The number of non-ortho nitro benzene ring substituents is 1. The average molecular weight is 279 g/mol. The van der Waals surface area contributed by atoms with Gasteiger partial charge >= 0.3 is 0 Å². The molecule has 2 heterocycles. The Morgan fingerprint density at radius 1 is 1.55 bits per heavy atom. The van der Waals surface area contributed by atoms with Crippen LogP contribution in [-0.2, 0) is 4.74 Å². The first-order valence-electron chi connectivity index (χ1n) is 6.15. The van der Waals surface area contributed by atoms with Gasteiger partial charge in [0.25, 0.3) is 5.69 Å². The van der Waals surface area contributed by atoms with Gasteiger partial charge in [-0.3, -0.25) is 10.1 Å². The van der Waals surface area contributed by atoms with Crippen molar-refractivity contribution < 1.29 is 19.9 Å². The van der Waals surface area contributed by atoms with Gasteiger partial charge in [0, 0.05) is 18.6 Å². The summed E-state index contributed by atoms with van der Waals surface area (Å²) < 4.78 is 7.25. The van der Waals surface area contributed by atoms with Crippen molar-refractivity contribution in [2.24, 2.45) is 0 Å². The van der Waals surface area contributed by atoms with E-state index in [1.807, 2.05) is 0 Å². The van der Waals surface area contributed by atoms with Crippen molar-refractivity contribution >= 4 is 16.7 Å². The Morgan fingerprint density at radius 2 is 2.35 bits per heavy atom. The highest BCUT2D eigenvalue weighted by Crippen LogP contribution is 2.31. The van der Waals surface area contributed by atoms with Gasteiger partial charge in [0.15, 0.2) is 0 Å². The summed E-state index contributed by atoms with van der Waals surface area (Å²) in [7, 11) is 0. The second-order valence-corrected chi connectivity index (χ2v) is 4.70. The molecule has 2 N–H and O–H groups in total. The van der Waals surface area contributed by atoms with Gasteiger partial charge in [-0.25, -0.2) is 4.98 Å². The van der Waals surface area contributed by atoms with Crippen LogP contribution >= 0.6 is 0 Å². The number of hydrogen-bond donors (Lipinski definition) is 2. The first-order valence-corrected chi connectivity index (χ1v) is 6.15. The van der Waals surface area contributed by atoms with E-state index >= 15 is 0 Å². The summed E-state index contributed by atoms with van der Waals surface area (Å²) in [4.78, 5) is 14.4. The summed E-state index contributed by atoms with van der Waals surface area (Å²) in [6.07, 6.45) is 0.0729. The van der Waals surface area contributed by atoms with Gasteiger partial charge in [-0.1, -0.05) is 0 Å². The highest BCUT2D eigenvalue weighted by molar-refractivity contribution is 5.78. The summed E-state index contributed by atoms with van der Waals surface area (Å²) in [6, 6.07) is 4.39. The smallest absolute Gasteiger partial charge is 0.271 e. The molecule has 1 aromatic heterocycles. The highest BCUT2D eigenvalue weighted by atomic mass is 16.6. The van der Waals surface area contributed by atoms with Crippen molar-refractivity contribution in [1.82, 2.24) is 9.55 Å². The number of fused-ring (bicyclic) bond motifs is 1. The Kier molecular flexibility index (Phi) is 3.13. The Bertz CT molecular complexity index is 656. The third kappa shape index (κ3) is 2.03. The van der Waals surface area contributed by atoms with Crippen molar-refractivity contribution in [2.45, 2.75) is 24.9 Å². The quantitative estimate of drug-likeness (QED) is 0.628. The van der Waals surface area contributed by atoms with Crippen LogP contribution in [-0.4, -0.2) is 43.5 Å². The van der Waals surface area contributed by atoms with E-state index < -0.39 is 23.4 Å². The number of aromatic nitrogens is 2. The molecular formula is C12H13N3O5. The average Bonchev–Trinajstić information content (AvgIpc) is 3.00.